The number of hydrogen-bond acceptors (Lipinski definition) is 3. The van der Waals surface area contributed by atoms with Gasteiger partial charge in [-0.05, 0) is 30.7 Å². The van der Waals surface area contributed by atoms with E-state index in [1.54, 1.807) is 24.8 Å². The fraction of sp³-hybridized carbons (Fsp3) is 0.400. The predicted octanol–water partition coefficient (Wildman–Crippen LogP) is 2.27. The van der Waals surface area contributed by atoms with Gasteiger partial charge in [0, 0.05) is 38.8 Å². The number of carboxylic acid groups (broad SMARTS) is 1. The number of nitrogens with zero attached hydrogens (tertiary/aromatic N) is 2. The maximum Gasteiger partial charge on any atom is 0.352 e. The van der Waals surface area contributed by atoms with E-state index in [-0.39, 0.29) is 0 Å². The van der Waals surface area contributed by atoms with Gasteiger partial charge in [0.15, 0.2) is 0 Å². The van der Waals surface area contributed by atoms with Gasteiger partial charge in [-0.15, -0.1) is 0 Å². The number of fused-ring (bicyclic) bond motifs is 1. The van der Waals surface area contributed by atoms with Crippen LogP contribution in [0.4, 0.5) is 5.69 Å². The minimum absolute atomic E-state index is 0.305. The Balaban J connectivity index is 2.49. The van der Waals surface area contributed by atoms with Crippen LogP contribution in [0.5, 0.6) is 0 Å². The third-order valence-corrected chi connectivity index (χ3v) is 3.59. The van der Waals surface area contributed by atoms with Gasteiger partial charge >= 0.3 is 5.97 Å². The van der Waals surface area contributed by atoms with Gasteiger partial charge in [0.2, 0.25) is 0 Å². The summed E-state index contributed by atoms with van der Waals surface area (Å²) in [4.78, 5) is 13.3. The molecule has 0 aliphatic carbocycles. The zero-order valence-corrected chi connectivity index (χ0v) is 12.3. The number of methoxy groups -OCH3 is 1. The van der Waals surface area contributed by atoms with Crippen molar-refractivity contribution in [2.24, 2.45) is 7.05 Å². The molecule has 0 saturated carbocycles. The molecule has 1 aromatic heterocycles. The Bertz CT molecular complexity index is 646. The number of benzene rings is 1. The topological polar surface area (TPSA) is 54.7 Å². The maximum absolute atomic E-state index is 11.2. The van der Waals surface area contributed by atoms with E-state index in [9.17, 15) is 9.90 Å². The molecule has 5 nitrogen and oxygen atoms in total. The Kier molecular flexibility index (Phi) is 3.99. The molecule has 0 unspecified atom stereocenters. The van der Waals surface area contributed by atoms with Crippen LogP contribution < -0.4 is 4.90 Å². The Morgan fingerprint density at radius 1 is 1.40 bits per heavy atom. The normalized spacial score (nSPS) is 11.0. The zero-order chi connectivity index (χ0) is 14.9. The van der Waals surface area contributed by atoms with Gasteiger partial charge in [-0.3, -0.25) is 0 Å². The molecule has 1 heterocycles. The summed E-state index contributed by atoms with van der Waals surface area (Å²) in [5, 5.41) is 10.2. The lowest BCUT2D eigenvalue weighted by atomic mass is 10.1. The van der Waals surface area contributed by atoms with Crippen LogP contribution in [0.1, 0.15) is 16.1 Å². The Morgan fingerprint density at radius 2 is 2.10 bits per heavy atom. The average Bonchev–Trinajstić information content (AvgIpc) is 2.73. The highest BCUT2D eigenvalue weighted by Crippen LogP contribution is 2.28. The number of likely N-dealkylation sites (N-methyl/N-ethyl adjacent to an activating group) is 1. The predicted molar refractivity (Wildman–Crippen MR) is 79.8 cm³/mol. The first-order valence-corrected chi connectivity index (χ1v) is 6.49. The first kappa shape index (κ1) is 14.4. The smallest absolute Gasteiger partial charge is 0.352 e. The highest BCUT2D eigenvalue weighted by Gasteiger charge is 2.15. The van der Waals surface area contributed by atoms with Crippen molar-refractivity contribution in [3.05, 3.63) is 29.5 Å². The van der Waals surface area contributed by atoms with Crippen molar-refractivity contribution >= 4 is 22.6 Å². The van der Waals surface area contributed by atoms with E-state index in [2.05, 4.69) is 11.0 Å². The highest BCUT2D eigenvalue weighted by molar-refractivity contribution is 5.97. The number of anilines is 1. The molecule has 0 amide bonds. The number of ether oxygens (including phenoxy) is 1. The summed E-state index contributed by atoms with van der Waals surface area (Å²) >= 11 is 0. The summed E-state index contributed by atoms with van der Waals surface area (Å²) < 4.78 is 6.81. The average molecular weight is 276 g/mol. The molecule has 108 valence electrons. The number of carbonyl (C=O) groups is 1. The second kappa shape index (κ2) is 5.54. The van der Waals surface area contributed by atoms with Crippen LogP contribution >= 0.6 is 0 Å². The second-order valence-corrected chi connectivity index (χ2v) is 5.01. The van der Waals surface area contributed by atoms with E-state index in [1.807, 2.05) is 20.0 Å². The Morgan fingerprint density at radius 3 is 2.70 bits per heavy atom. The SMILES string of the molecule is COCCN(C)c1cc(C)c2c(c1)cc(C(=O)O)n2C. The van der Waals surface area contributed by atoms with E-state index in [4.69, 9.17) is 4.74 Å². The minimum Gasteiger partial charge on any atom is -0.477 e. The van der Waals surface area contributed by atoms with E-state index in [1.165, 1.54) is 0 Å². The first-order valence-electron chi connectivity index (χ1n) is 6.49. The van der Waals surface area contributed by atoms with Crippen LogP contribution in [-0.2, 0) is 11.8 Å². The van der Waals surface area contributed by atoms with E-state index in [0.29, 0.717) is 12.3 Å². The Hall–Kier alpha value is -2.01. The van der Waals surface area contributed by atoms with E-state index >= 15 is 0 Å². The molecule has 0 fully saturated rings. The first-order chi connectivity index (χ1) is 9.45. The molecule has 20 heavy (non-hydrogen) atoms. The largest absolute Gasteiger partial charge is 0.477 e. The molecule has 5 heteroatoms. The summed E-state index contributed by atoms with van der Waals surface area (Å²) in [5.41, 5.74) is 3.40. The van der Waals surface area contributed by atoms with E-state index < -0.39 is 5.97 Å². The summed E-state index contributed by atoms with van der Waals surface area (Å²) in [5.74, 6) is -0.905. The van der Waals surface area contributed by atoms with Crippen LogP contribution in [0.15, 0.2) is 18.2 Å². The van der Waals surface area contributed by atoms with Crippen molar-refractivity contribution in [3.63, 3.8) is 0 Å². The molecular weight excluding hydrogens is 256 g/mol. The lowest BCUT2D eigenvalue weighted by Crippen LogP contribution is -2.22. The number of carboxylic acids is 1. The van der Waals surface area contributed by atoms with Crippen LogP contribution in [0.2, 0.25) is 0 Å². The third-order valence-electron chi connectivity index (χ3n) is 3.59. The fourth-order valence-electron chi connectivity index (χ4n) is 2.50. The second-order valence-electron chi connectivity index (χ2n) is 5.01. The van der Waals surface area contributed by atoms with Crippen molar-refractivity contribution in [3.8, 4) is 0 Å². The zero-order valence-electron chi connectivity index (χ0n) is 12.3. The Labute approximate surface area is 118 Å². The van der Waals surface area contributed by atoms with Gasteiger partial charge in [-0.2, -0.15) is 0 Å². The number of aryl methyl sites for hydroxylation is 2. The highest BCUT2D eigenvalue weighted by atomic mass is 16.5. The van der Waals surface area contributed by atoms with Gasteiger partial charge in [0.25, 0.3) is 0 Å². The summed E-state index contributed by atoms with van der Waals surface area (Å²) in [6.45, 7) is 3.45. The standard InChI is InChI=1S/C15H20N2O3/c1-10-7-12(16(2)5-6-20-4)8-11-9-13(15(18)19)17(3)14(10)11/h7-9H,5-6H2,1-4H3,(H,18,19). The number of aromatic carboxylic acids is 1. The molecule has 0 saturated heterocycles. The van der Waals surface area contributed by atoms with Crippen molar-refractivity contribution in [1.29, 1.82) is 0 Å². The van der Waals surface area contributed by atoms with Crippen molar-refractivity contribution in [1.82, 2.24) is 4.57 Å². The van der Waals surface area contributed by atoms with E-state index in [0.717, 1.165) is 28.7 Å². The number of hydrogen-bond donors (Lipinski definition) is 1. The van der Waals surface area contributed by atoms with Gasteiger partial charge < -0.3 is 19.3 Å². The molecule has 0 radical (unpaired) electrons. The van der Waals surface area contributed by atoms with Gasteiger partial charge in [0.1, 0.15) is 5.69 Å². The van der Waals surface area contributed by atoms with Crippen LogP contribution in [0.3, 0.4) is 0 Å². The quantitative estimate of drug-likeness (QED) is 0.910. The third kappa shape index (κ3) is 2.49. The van der Waals surface area contributed by atoms with Crippen molar-refractivity contribution < 1.29 is 14.6 Å². The monoisotopic (exact) mass is 276 g/mol. The van der Waals surface area contributed by atoms with Crippen LogP contribution in [0, 0.1) is 6.92 Å². The van der Waals surface area contributed by atoms with Gasteiger partial charge in [0.05, 0.1) is 12.1 Å². The molecule has 0 aliphatic rings. The molecular formula is C15H20N2O3. The lowest BCUT2D eigenvalue weighted by Gasteiger charge is -2.20. The molecule has 0 aliphatic heterocycles. The van der Waals surface area contributed by atoms with Crippen LogP contribution in [0.25, 0.3) is 10.9 Å². The lowest BCUT2D eigenvalue weighted by molar-refractivity contribution is 0.0687. The van der Waals surface area contributed by atoms with Crippen molar-refractivity contribution in [2.45, 2.75) is 6.92 Å². The summed E-state index contributed by atoms with van der Waals surface area (Å²) in [6, 6.07) is 5.81. The molecule has 0 spiro atoms. The molecule has 2 rings (SSSR count). The molecule has 0 bridgehead atoms. The van der Waals surface area contributed by atoms with Crippen molar-refractivity contribution in [2.75, 3.05) is 32.2 Å². The minimum atomic E-state index is -0.905. The molecule has 1 N–H and O–H groups in total. The molecule has 2 aromatic rings. The van der Waals surface area contributed by atoms with Gasteiger partial charge in [-0.1, -0.05) is 0 Å². The van der Waals surface area contributed by atoms with Gasteiger partial charge in [-0.25, -0.2) is 4.79 Å². The summed E-state index contributed by atoms with van der Waals surface area (Å²) in [6.07, 6.45) is 0. The molecule has 1 aromatic carbocycles. The number of aromatic nitrogens is 1. The maximum atomic E-state index is 11.2. The molecule has 0 atom stereocenters. The number of rotatable bonds is 5. The fourth-order valence-corrected chi connectivity index (χ4v) is 2.50. The summed E-state index contributed by atoms with van der Waals surface area (Å²) in [7, 11) is 5.46. The van der Waals surface area contributed by atoms with Crippen LogP contribution in [-0.4, -0.2) is 43.0 Å².